The lowest BCUT2D eigenvalue weighted by atomic mass is 10.1. The van der Waals surface area contributed by atoms with Gasteiger partial charge in [-0.05, 0) is 55.8 Å². The Kier molecular flexibility index (Phi) is 7.43. The zero-order valence-electron chi connectivity index (χ0n) is 15.7. The van der Waals surface area contributed by atoms with E-state index in [4.69, 9.17) is 9.47 Å². The Hall–Kier alpha value is -3.28. The van der Waals surface area contributed by atoms with Gasteiger partial charge in [-0.15, -0.1) is 0 Å². The number of nitrogens with one attached hydrogen (secondary N) is 1. The van der Waals surface area contributed by atoms with Gasteiger partial charge in [0.05, 0.1) is 25.9 Å². The van der Waals surface area contributed by atoms with Gasteiger partial charge in [0.15, 0.2) is 11.5 Å². The first kappa shape index (κ1) is 20.0. The van der Waals surface area contributed by atoms with Gasteiger partial charge in [0.2, 0.25) is 5.91 Å². The first-order chi connectivity index (χ1) is 13.1. The van der Waals surface area contributed by atoms with E-state index in [2.05, 4.69) is 10.1 Å². The van der Waals surface area contributed by atoms with E-state index in [0.717, 1.165) is 5.56 Å². The minimum absolute atomic E-state index is 0.316. The summed E-state index contributed by atoms with van der Waals surface area (Å²) in [6.07, 6.45) is 3.09. The molecule has 0 aromatic heterocycles. The predicted molar refractivity (Wildman–Crippen MR) is 104 cm³/mol. The standard InChI is InChI=1S/C21H23NO5/c1-4-26-18-11-9-15(13-19(18)27-5-2)10-12-20(23)22-17-8-6-7-16(14-17)21(24)25-3/h6-14H,4-5H2,1-3H3,(H,22,23)/b12-10+. The van der Waals surface area contributed by atoms with Crippen LogP contribution in [-0.4, -0.2) is 32.2 Å². The van der Waals surface area contributed by atoms with Crippen LogP contribution in [0.2, 0.25) is 0 Å². The van der Waals surface area contributed by atoms with Crippen molar-refractivity contribution in [3.63, 3.8) is 0 Å². The number of benzene rings is 2. The Bertz CT molecular complexity index is 829. The minimum atomic E-state index is -0.459. The summed E-state index contributed by atoms with van der Waals surface area (Å²) in [6, 6.07) is 12.0. The summed E-state index contributed by atoms with van der Waals surface area (Å²) in [5.74, 6) is 0.525. The fraction of sp³-hybridized carbons (Fsp3) is 0.238. The van der Waals surface area contributed by atoms with Crippen molar-refractivity contribution in [2.75, 3.05) is 25.6 Å². The lowest BCUT2D eigenvalue weighted by molar-refractivity contribution is -0.111. The Labute approximate surface area is 158 Å². The monoisotopic (exact) mass is 369 g/mol. The maximum atomic E-state index is 12.1. The van der Waals surface area contributed by atoms with E-state index in [1.165, 1.54) is 13.2 Å². The zero-order chi connectivity index (χ0) is 19.6. The summed E-state index contributed by atoms with van der Waals surface area (Å²) in [6.45, 7) is 4.86. The van der Waals surface area contributed by atoms with Crippen LogP contribution in [0.25, 0.3) is 6.08 Å². The van der Waals surface area contributed by atoms with Gasteiger partial charge < -0.3 is 19.5 Å². The minimum Gasteiger partial charge on any atom is -0.490 e. The van der Waals surface area contributed by atoms with Crippen LogP contribution in [-0.2, 0) is 9.53 Å². The van der Waals surface area contributed by atoms with Crippen molar-refractivity contribution in [3.8, 4) is 11.5 Å². The third-order valence-electron chi connectivity index (χ3n) is 3.55. The van der Waals surface area contributed by atoms with Gasteiger partial charge in [0.25, 0.3) is 0 Å². The molecule has 1 N–H and O–H groups in total. The fourth-order valence-electron chi connectivity index (χ4n) is 2.37. The lowest BCUT2D eigenvalue weighted by Crippen LogP contribution is -2.09. The van der Waals surface area contributed by atoms with Gasteiger partial charge in [-0.25, -0.2) is 4.79 Å². The SMILES string of the molecule is CCOc1ccc(/C=C/C(=O)Nc2cccc(C(=O)OC)c2)cc1OCC. The molecule has 0 spiro atoms. The van der Waals surface area contributed by atoms with Crippen LogP contribution < -0.4 is 14.8 Å². The van der Waals surface area contributed by atoms with Crippen LogP contribution >= 0.6 is 0 Å². The highest BCUT2D eigenvalue weighted by Crippen LogP contribution is 2.29. The van der Waals surface area contributed by atoms with Crippen molar-refractivity contribution >= 4 is 23.6 Å². The normalized spacial score (nSPS) is 10.5. The number of rotatable bonds is 8. The molecular formula is C21H23NO5. The van der Waals surface area contributed by atoms with E-state index < -0.39 is 5.97 Å². The number of methoxy groups -OCH3 is 1. The van der Waals surface area contributed by atoms with Crippen molar-refractivity contribution in [2.24, 2.45) is 0 Å². The molecule has 142 valence electrons. The van der Waals surface area contributed by atoms with Crippen LogP contribution in [0.5, 0.6) is 11.5 Å². The third kappa shape index (κ3) is 5.88. The van der Waals surface area contributed by atoms with Crippen LogP contribution in [0.1, 0.15) is 29.8 Å². The Morgan fingerprint density at radius 2 is 1.74 bits per heavy atom. The molecule has 6 heteroatoms. The number of ether oxygens (including phenoxy) is 3. The molecular weight excluding hydrogens is 346 g/mol. The first-order valence-corrected chi connectivity index (χ1v) is 8.64. The maximum Gasteiger partial charge on any atom is 0.337 e. The van der Waals surface area contributed by atoms with E-state index in [1.54, 1.807) is 30.3 Å². The van der Waals surface area contributed by atoms with Gasteiger partial charge in [-0.2, -0.15) is 0 Å². The van der Waals surface area contributed by atoms with Gasteiger partial charge >= 0.3 is 5.97 Å². The largest absolute Gasteiger partial charge is 0.490 e. The highest BCUT2D eigenvalue weighted by molar-refractivity contribution is 6.02. The molecule has 2 aromatic carbocycles. The smallest absolute Gasteiger partial charge is 0.337 e. The average molecular weight is 369 g/mol. The molecule has 0 heterocycles. The van der Waals surface area contributed by atoms with Crippen LogP contribution in [0.3, 0.4) is 0 Å². The average Bonchev–Trinajstić information content (AvgIpc) is 2.68. The van der Waals surface area contributed by atoms with Crippen molar-refractivity contribution in [1.82, 2.24) is 0 Å². The number of carbonyl (C=O) groups is 2. The lowest BCUT2D eigenvalue weighted by Gasteiger charge is -2.11. The molecule has 0 unspecified atom stereocenters. The molecule has 2 aromatic rings. The molecule has 0 saturated carbocycles. The van der Waals surface area contributed by atoms with Crippen molar-refractivity contribution in [3.05, 3.63) is 59.7 Å². The molecule has 27 heavy (non-hydrogen) atoms. The third-order valence-corrected chi connectivity index (χ3v) is 3.55. The molecule has 0 atom stereocenters. The van der Waals surface area contributed by atoms with E-state index in [0.29, 0.717) is 36.0 Å². The number of hydrogen-bond acceptors (Lipinski definition) is 5. The van der Waals surface area contributed by atoms with Crippen molar-refractivity contribution in [2.45, 2.75) is 13.8 Å². The molecule has 0 saturated heterocycles. The maximum absolute atomic E-state index is 12.1. The van der Waals surface area contributed by atoms with Gasteiger partial charge in [-0.3, -0.25) is 4.79 Å². The number of anilines is 1. The predicted octanol–water partition coefficient (Wildman–Crippen LogP) is 3.92. The molecule has 2 rings (SSSR count). The number of esters is 1. The fourth-order valence-corrected chi connectivity index (χ4v) is 2.37. The van der Waals surface area contributed by atoms with Crippen LogP contribution in [0, 0.1) is 0 Å². The summed E-state index contributed by atoms with van der Waals surface area (Å²) in [7, 11) is 1.31. The molecule has 6 nitrogen and oxygen atoms in total. The highest BCUT2D eigenvalue weighted by Gasteiger charge is 2.07. The van der Waals surface area contributed by atoms with Gasteiger partial charge in [0, 0.05) is 11.8 Å². The van der Waals surface area contributed by atoms with Crippen LogP contribution in [0.15, 0.2) is 48.5 Å². The quantitative estimate of drug-likeness (QED) is 0.564. The van der Waals surface area contributed by atoms with Crippen molar-refractivity contribution < 1.29 is 23.8 Å². The molecule has 0 aliphatic carbocycles. The summed E-state index contributed by atoms with van der Waals surface area (Å²) in [4.78, 5) is 23.7. The van der Waals surface area contributed by atoms with E-state index in [1.807, 2.05) is 32.0 Å². The molecule has 0 fully saturated rings. The molecule has 0 radical (unpaired) electrons. The highest BCUT2D eigenvalue weighted by atomic mass is 16.5. The molecule has 0 bridgehead atoms. The Balaban J connectivity index is 2.08. The van der Waals surface area contributed by atoms with E-state index >= 15 is 0 Å². The van der Waals surface area contributed by atoms with Crippen molar-refractivity contribution in [1.29, 1.82) is 0 Å². The van der Waals surface area contributed by atoms with E-state index in [9.17, 15) is 9.59 Å². The second kappa shape index (κ2) is 10.0. The molecule has 0 aliphatic heterocycles. The second-order valence-electron chi connectivity index (χ2n) is 5.47. The Morgan fingerprint density at radius 1 is 1.00 bits per heavy atom. The zero-order valence-corrected chi connectivity index (χ0v) is 15.7. The Morgan fingerprint density at radius 3 is 2.44 bits per heavy atom. The molecule has 1 amide bonds. The summed E-state index contributed by atoms with van der Waals surface area (Å²) in [5, 5.41) is 2.71. The first-order valence-electron chi connectivity index (χ1n) is 8.64. The number of amides is 1. The van der Waals surface area contributed by atoms with E-state index in [-0.39, 0.29) is 5.91 Å². The second-order valence-corrected chi connectivity index (χ2v) is 5.47. The number of carbonyl (C=O) groups excluding carboxylic acids is 2. The summed E-state index contributed by atoms with van der Waals surface area (Å²) in [5.41, 5.74) is 1.68. The summed E-state index contributed by atoms with van der Waals surface area (Å²) >= 11 is 0. The molecule has 0 aliphatic rings. The van der Waals surface area contributed by atoms with Gasteiger partial charge in [-0.1, -0.05) is 12.1 Å². The number of hydrogen-bond donors (Lipinski definition) is 1. The topological polar surface area (TPSA) is 73.9 Å². The van der Waals surface area contributed by atoms with Crippen LogP contribution in [0.4, 0.5) is 5.69 Å². The van der Waals surface area contributed by atoms with Gasteiger partial charge in [0.1, 0.15) is 0 Å². The summed E-state index contributed by atoms with van der Waals surface area (Å²) < 4.78 is 15.8.